The van der Waals surface area contributed by atoms with Crippen molar-refractivity contribution in [2.75, 3.05) is 6.61 Å². The first-order chi connectivity index (χ1) is 13.6. The molecule has 2 N–H and O–H groups in total. The molecule has 4 nitrogen and oxygen atoms in total. The minimum absolute atomic E-state index is 0.389. The molecule has 0 radical (unpaired) electrons. The standard InChI is InChI=1S/C23H26ClNO3/c24-21-13-7-6-11-19(21)18-10-4-5-12-20(18)22(28-23(25)26)14-15-27-16-17-8-2-1-3-9-17/h1-3,6-9,11,13,22H,4-5,10,12,14-16H2,(H2,25,26). The summed E-state index contributed by atoms with van der Waals surface area (Å²) in [5.41, 5.74) is 9.77. The van der Waals surface area contributed by atoms with Gasteiger partial charge in [0.1, 0.15) is 6.10 Å². The van der Waals surface area contributed by atoms with E-state index in [4.69, 9.17) is 26.8 Å². The molecule has 148 valence electrons. The fourth-order valence-electron chi connectivity index (χ4n) is 3.70. The molecule has 5 heteroatoms. The maximum atomic E-state index is 11.5. The quantitative estimate of drug-likeness (QED) is 0.576. The van der Waals surface area contributed by atoms with Gasteiger partial charge in [0.05, 0.1) is 13.2 Å². The van der Waals surface area contributed by atoms with Crippen molar-refractivity contribution in [2.45, 2.75) is 44.8 Å². The van der Waals surface area contributed by atoms with E-state index in [1.54, 1.807) is 0 Å². The summed E-state index contributed by atoms with van der Waals surface area (Å²) in [7, 11) is 0. The van der Waals surface area contributed by atoms with E-state index in [9.17, 15) is 4.79 Å². The average Bonchev–Trinajstić information content (AvgIpc) is 2.71. The van der Waals surface area contributed by atoms with Crippen LogP contribution in [0.5, 0.6) is 0 Å². The van der Waals surface area contributed by atoms with Gasteiger partial charge < -0.3 is 15.2 Å². The molecule has 3 rings (SSSR count). The second-order valence-corrected chi connectivity index (χ2v) is 7.35. The third kappa shape index (κ3) is 5.60. The third-order valence-corrected chi connectivity index (χ3v) is 5.32. The average molecular weight is 400 g/mol. The van der Waals surface area contributed by atoms with E-state index in [0.717, 1.165) is 47.4 Å². The molecule has 0 spiro atoms. The van der Waals surface area contributed by atoms with Crippen molar-refractivity contribution < 1.29 is 14.3 Å². The first kappa shape index (κ1) is 20.4. The predicted molar refractivity (Wildman–Crippen MR) is 112 cm³/mol. The number of hydrogen-bond acceptors (Lipinski definition) is 3. The van der Waals surface area contributed by atoms with Crippen LogP contribution < -0.4 is 5.73 Å². The van der Waals surface area contributed by atoms with Crippen LogP contribution in [-0.4, -0.2) is 18.8 Å². The van der Waals surface area contributed by atoms with Crippen molar-refractivity contribution in [3.63, 3.8) is 0 Å². The number of benzene rings is 2. The number of amides is 1. The lowest BCUT2D eigenvalue weighted by atomic mass is 9.84. The molecular weight excluding hydrogens is 374 g/mol. The van der Waals surface area contributed by atoms with Crippen LogP contribution in [0.2, 0.25) is 5.02 Å². The SMILES string of the molecule is NC(=O)OC(CCOCc1ccccc1)C1=C(c2ccccc2Cl)CCCC1. The summed E-state index contributed by atoms with van der Waals surface area (Å²) < 4.78 is 11.3. The molecule has 1 amide bonds. The summed E-state index contributed by atoms with van der Waals surface area (Å²) in [5, 5.41) is 0.718. The van der Waals surface area contributed by atoms with Crippen molar-refractivity contribution in [3.8, 4) is 0 Å². The maximum Gasteiger partial charge on any atom is 0.405 e. The summed E-state index contributed by atoms with van der Waals surface area (Å²) in [6, 6.07) is 17.8. The summed E-state index contributed by atoms with van der Waals surface area (Å²) in [6.07, 6.45) is 3.37. The molecule has 0 bridgehead atoms. The number of primary amides is 1. The van der Waals surface area contributed by atoms with Gasteiger partial charge in [0, 0.05) is 11.4 Å². The van der Waals surface area contributed by atoms with Crippen LogP contribution in [0.1, 0.15) is 43.2 Å². The molecule has 0 saturated heterocycles. The van der Waals surface area contributed by atoms with Crippen LogP contribution in [-0.2, 0) is 16.1 Å². The second kappa shape index (κ2) is 10.3. The van der Waals surface area contributed by atoms with Crippen molar-refractivity contribution >= 4 is 23.3 Å². The van der Waals surface area contributed by atoms with Gasteiger partial charge in [0.2, 0.25) is 0 Å². The normalized spacial score (nSPS) is 15.3. The third-order valence-electron chi connectivity index (χ3n) is 4.99. The highest BCUT2D eigenvalue weighted by Gasteiger charge is 2.25. The Morgan fingerprint density at radius 1 is 1.04 bits per heavy atom. The highest BCUT2D eigenvalue weighted by atomic mass is 35.5. The number of rotatable bonds is 8. The molecule has 1 aliphatic rings. The second-order valence-electron chi connectivity index (χ2n) is 6.94. The molecule has 1 atom stereocenters. The highest BCUT2D eigenvalue weighted by molar-refractivity contribution is 6.32. The Kier molecular flexibility index (Phi) is 7.52. The van der Waals surface area contributed by atoms with E-state index in [2.05, 4.69) is 0 Å². The van der Waals surface area contributed by atoms with Crippen LogP contribution >= 0.6 is 11.6 Å². The number of ether oxygens (including phenoxy) is 2. The Balaban J connectivity index is 1.74. The van der Waals surface area contributed by atoms with E-state index in [1.807, 2.05) is 54.6 Å². The zero-order chi connectivity index (χ0) is 19.8. The number of allylic oxidation sites excluding steroid dienone is 1. The smallest absolute Gasteiger partial charge is 0.405 e. The monoisotopic (exact) mass is 399 g/mol. The van der Waals surface area contributed by atoms with Crippen LogP contribution in [0.15, 0.2) is 60.2 Å². The van der Waals surface area contributed by atoms with Gasteiger partial charge in [-0.2, -0.15) is 0 Å². The molecule has 0 saturated carbocycles. The van der Waals surface area contributed by atoms with Crippen molar-refractivity contribution in [3.05, 3.63) is 76.3 Å². The lowest BCUT2D eigenvalue weighted by Crippen LogP contribution is -2.27. The van der Waals surface area contributed by atoms with Crippen LogP contribution in [0.3, 0.4) is 0 Å². The number of halogens is 1. The summed E-state index contributed by atoms with van der Waals surface area (Å²) >= 11 is 6.44. The predicted octanol–water partition coefficient (Wildman–Crippen LogP) is 5.74. The number of hydrogen-bond donors (Lipinski definition) is 1. The van der Waals surface area contributed by atoms with Gasteiger partial charge >= 0.3 is 6.09 Å². The lowest BCUT2D eigenvalue weighted by molar-refractivity contribution is 0.0693. The molecule has 28 heavy (non-hydrogen) atoms. The van der Waals surface area contributed by atoms with Gasteiger partial charge in [0.25, 0.3) is 0 Å². The van der Waals surface area contributed by atoms with Gasteiger partial charge in [-0.1, -0.05) is 60.1 Å². The summed E-state index contributed by atoms with van der Waals surface area (Å²) in [5.74, 6) is 0. The minimum atomic E-state index is -0.760. The molecule has 0 aliphatic heterocycles. The first-order valence-corrected chi connectivity index (χ1v) is 10.1. The topological polar surface area (TPSA) is 61.6 Å². The molecule has 0 fully saturated rings. The van der Waals surface area contributed by atoms with E-state index < -0.39 is 6.09 Å². The number of carbonyl (C=O) groups is 1. The Morgan fingerprint density at radius 2 is 1.75 bits per heavy atom. The maximum absolute atomic E-state index is 11.5. The van der Waals surface area contributed by atoms with E-state index >= 15 is 0 Å². The lowest BCUT2D eigenvalue weighted by Gasteiger charge is -2.27. The van der Waals surface area contributed by atoms with Crippen molar-refractivity contribution in [2.24, 2.45) is 5.73 Å². The molecule has 1 aliphatic carbocycles. The van der Waals surface area contributed by atoms with E-state index in [-0.39, 0.29) is 6.10 Å². The molecule has 0 heterocycles. The Bertz CT molecular complexity index is 820. The van der Waals surface area contributed by atoms with Crippen LogP contribution in [0.4, 0.5) is 4.79 Å². The fourth-order valence-corrected chi connectivity index (χ4v) is 3.95. The molecule has 0 aromatic heterocycles. The van der Waals surface area contributed by atoms with Gasteiger partial charge in [0.15, 0.2) is 0 Å². The van der Waals surface area contributed by atoms with Crippen molar-refractivity contribution in [1.29, 1.82) is 0 Å². The van der Waals surface area contributed by atoms with Gasteiger partial charge in [-0.15, -0.1) is 0 Å². The Morgan fingerprint density at radius 3 is 2.50 bits per heavy atom. The van der Waals surface area contributed by atoms with Gasteiger partial charge in [-0.3, -0.25) is 0 Å². The van der Waals surface area contributed by atoms with Crippen LogP contribution in [0.25, 0.3) is 5.57 Å². The zero-order valence-electron chi connectivity index (χ0n) is 15.9. The van der Waals surface area contributed by atoms with E-state index in [1.165, 1.54) is 5.57 Å². The Hall–Kier alpha value is -2.30. The molecular formula is C23H26ClNO3. The van der Waals surface area contributed by atoms with Gasteiger partial charge in [-0.05, 0) is 54.0 Å². The summed E-state index contributed by atoms with van der Waals surface area (Å²) in [6.45, 7) is 1.01. The van der Waals surface area contributed by atoms with E-state index in [0.29, 0.717) is 19.6 Å². The number of nitrogens with two attached hydrogens (primary N) is 1. The van der Waals surface area contributed by atoms with Crippen molar-refractivity contribution in [1.82, 2.24) is 0 Å². The largest absolute Gasteiger partial charge is 0.442 e. The van der Waals surface area contributed by atoms with Gasteiger partial charge in [-0.25, -0.2) is 4.79 Å². The number of carbonyl (C=O) groups excluding carboxylic acids is 1. The first-order valence-electron chi connectivity index (χ1n) is 9.69. The zero-order valence-corrected chi connectivity index (χ0v) is 16.7. The van der Waals surface area contributed by atoms with Crippen LogP contribution in [0, 0.1) is 0 Å². The summed E-state index contributed by atoms with van der Waals surface area (Å²) in [4.78, 5) is 11.5. The molecule has 2 aromatic rings. The minimum Gasteiger partial charge on any atom is -0.442 e. The Labute approximate surface area is 171 Å². The molecule has 1 unspecified atom stereocenters. The molecule has 2 aromatic carbocycles. The highest BCUT2D eigenvalue weighted by Crippen LogP contribution is 2.38. The fraction of sp³-hybridized carbons (Fsp3) is 0.348.